The van der Waals surface area contributed by atoms with Crippen LogP contribution in [0.3, 0.4) is 0 Å². The van der Waals surface area contributed by atoms with Gasteiger partial charge in [0.15, 0.2) is 0 Å². The lowest BCUT2D eigenvalue weighted by atomic mass is 9.64. The van der Waals surface area contributed by atoms with Crippen molar-refractivity contribution in [1.82, 2.24) is 0 Å². The van der Waals surface area contributed by atoms with E-state index in [-0.39, 0.29) is 5.41 Å². The maximum absolute atomic E-state index is 12.2. The summed E-state index contributed by atoms with van der Waals surface area (Å²) >= 11 is 0. The molecule has 4 aromatic rings. The van der Waals surface area contributed by atoms with Crippen LogP contribution in [0, 0.1) is 0 Å². The molecule has 1 saturated carbocycles. The molecule has 0 saturated heterocycles. The van der Waals surface area contributed by atoms with Crippen LogP contribution >= 0.6 is 0 Å². The molecule has 0 unspecified atom stereocenters. The minimum Gasteiger partial charge on any atom is -0.423 e. The molecule has 0 N–H and O–H groups in total. The van der Waals surface area contributed by atoms with Gasteiger partial charge >= 0.3 is 11.9 Å². The van der Waals surface area contributed by atoms with Crippen molar-refractivity contribution < 1.29 is 19.1 Å². The van der Waals surface area contributed by atoms with Gasteiger partial charge in [0.05, 0.1) is 0 Å². The van der Waals surface area contributed by atoms with Gasteiger partial charge in [-0.15, -0.1) is 0 Å². The predicted molar refractivity (Wildman–Crippen MR) is 159 cm³/mol. The average molecular weight is 529 g/mol. The SMILES string of the molecule is C=CC(=O)Oc1ccc(C2(c3ccc(OC(=O)C=C)c(-c4ccccc4)c3)CCCCC2)cc1-c1ccccc1. The molecule has 40 heavy (non-hydrogen) atoms. The minimum atomic E-state index is -0.491. The summed E-state index contributed by atoms with van der Waals surface area (Å²) in [7, 11) is 0. The molecule has 0 spiro atoms. The van der Waals surface area contributed by atoms with Crippen LogP contribution in [0.2, 0.25) is 0 Å². The molecule has 0 amide bonds. The quantitative estimate of drug-likeness (QED) is 0.131. The molecule has 200 valence electrons. The lowest BCUT2D eigenvalue weighted by Gasteiger charge is -2.39. The first kappa shape index (κ1) is 26.9. The maximum atomic E-state index is 12.2. The van der Waals surface area contributed by atoms with E-state index in [1.165, 1.54) is 29.7 Å². The van der Waals surface area contributed by atoms with E-state index < -0.39 is 11.9 Å². The zero-order valence-corrected chi connectivity index (χ0v) is 22.5. The first-order valence-corrected chi connectivity index (χ1v) is 13.6. The molecule has 0 aromatic heterocycles. The smallest absolute Gasteiger partial charge is 0.335 e. The Hall–Kier alpha value is -4.70. The largest absolute Gasteiger partial charge is 0.423 e. The highest BCUT2D eigenvalue weighted by Crippen LogP contribution is 2.48. The number of hydrogen-bond acceptors (Lipinski definition) is 4. The molecule has 1 aliphatic carbocycles. The van der Waals surface area contributed by atoms with E-state index in [1.54, 1.807) is 0 Å². The van der Waals surface area contributed by atoms with E-state index in [0.717, 1.165) is 47.9 Å². The summed E-state index contributed by atoms with van der Waals surface area (Å²) in [5.41, 5.74) is 5.74. The van der Waals surface area contributed by atoms with Crippen LogP contribution < -0.4 is 9.47 Å². The van der Waals surface area contributed by atoms with E-state index in [9.17, 15) is 9.59 Å². The van der Waals surface area contributed by atoms with E-state index >= 15 is 0 Å². The Morgan fingerprint density at radius 3 is 1.43 bits per heavy atom. The first-order chi connectivity index (χ1) is 19.5. The van der Waals surface area contributed by atoms with E-state index in [2.05, 4.69) is 37.4 Å². The molecule has 4 nitrogen and oxygen atoms in total. The predicted octanol–water partition coefficient (Wildman–Crippen LogP) is 8.45. The van der Waals surface area contributed by atoms with Gasteiger partial charge in [-0.3, -0.25) is 0 Å². The van der Waals surface area contributed by atoms with Crippen molar-refractivity contribution in [3.63, 3.8) is 0 Å². The van der Waals surface area contributed by atoms with Crippen molar-refractivity contribution in [2.24, 2.45) is 0 Å². The number of carbonyl (C=O) groups excluding carboxylic acids is 2. The van der Waals surface area contributed by atoms with Crippen LogP contribution in [0.1, 0.15) is 43.2 Å². The summed E-state index contributed by atoms with van der Waals surface area (Å²) in [5, 5.41) is 0. The van der Waals surface area contributed by atoms with E-state index in [0.29, 0.717) is 11.5 Å². The molecule has 5 rings (SSSR count). The molecule has 1 aliphatic rings. The molecule has 0 atom stereocenters. The van der Waals surface area contributed by atoms with Crippen LogP contribution in [0.15, 0.2) is 122 Å². The highest BCUT2D eigenvalue weighted by Gasteiger charge is 2.37. The van der Waals surface area contributed by atoms with Gasteiger partial charge in [0, 0.05) is 28.7 Å². The Morgan fingerprint density at radius 2 is 1.02 bits per heavy atom. The van der Waals surface area contributed by atoms with Crippen molar-refractivity contribution in [3.05, 3.63) is 133 Å². The van der Waals surface area contributed by atoms with Gasteiger partial charge in [0.1, 0.15) is 11.5 Å². The van der Waals surface area contributed by atoms with E-state index in [1.807, 2.05) is 72.8 Å². The van der Waals surface area contributed by atoms with Crippen molar-refractivity contribution in [2.45, 2.75) is 37.5 Å². The van der Waals surface area contributed by atoms with Gasteiger partial charge in [-0.05, 0) is 59.4 Å². The highest BCUT2D eigenvalue weighted by atomic mass is 16.5. The summed E-state index contributed by atoms with van der Waals surface area (Å²) in [5.74, 6) is 0.0221. The Labute approximate surface area is 235 Å². The molecule has 0 bridgehead atoms. The lowest BCUT2D eigenvalue weighted by molar-refractivity contribution is -0.129. The molecule has 0 aliphatic heterocycles. The molecule has 0 heterocycles. The summed E-state index contributed by atoms with van der Waals surface area (Å²) in [4.78, 5) is 24.3. The van der Waals surface area contributed by atoms with Gasteiger partial charge < -0.3 is 9.47 Å². The number of carbonyl (C=O) groups is 2. The average Bonchev–Trinajstić information content (AvgIpc) is 3.02. The molecule has 4 aromatic carbocycles. The van der Waals surface area contributed by atoms with Crippen molar-refractivity contribution in [3.8, 4) is 33.8 Å². The van der Waals surface area contributed by atoms with Crippen LogP contribution in [0.5, 0.6) is 11.5 Å². The van der Waals surface area contributed by atoms with Crippen LogP contribution in [0.25, 0.3) is 22.3 Å². The number of esters is 2. The highest BCUT2D eigenvalue weighted by molar-refractivity contribution is 5.86. The van der Waals surface area contributed by atoms with Gasteiger partial charge in [-0.1, -0.05) is 105 Å². The summed E-state index contributed by atoms with van der Waals surface area (Å²) in [6, 6.07) is 32.2. The van der Waals surface area contributed by atoms with Gasteiger partial charge in [-0.25, -0.2) is 9.59 Å². The third-order valence-corrected chi connectivity index (χ3v) is 7.70. The Bertz CT molecular complexity index is 1420. The second-order valence-electron chi connectivity index (χ2n) is 10.0. The molecular formula is C36H32O4. The van der Waals surface area contributed by atoms with Crippen molar-refractivity contribution >= 4 is 11.9 Å². The molecular weight excluding hydrogens is 496 g/mol. The fourth-order valence-electron chi connectivity index (χ4n) is 5.72. The van der Waals surface area contributed by atoms with Crippen LogP contribution in [-0.2, 0) is 15.0 Å². The summed E-state index contributed by atoms with van der Waals surface area (Å²) in [6.07, 6.45) is 7.70. The monoisotopic (exact) mass is 528 g/mol. The molecule has 0 radical (unpaired) electrons. The normalized spacial score (nSPS) is 14.1. The Balaban J connectivity index is 1.68. The van der Waals surface area contributed by atoms with Crippen molar-refractivity contribution in [1.29, 1.82) is 0 Å². The van der Waals surface area contributed by atoms with Crippen LogP contribution in [0.4, 0.5) is 0 Å². The second-order valence-corrected chi connectivity index (χ2v) is 10.0. The number of hydrogen-bond donors (Lipinski definition) is 0. The molecule has 4 heteroatoms. The fourth-order valence-corrected chi connectivity index (χ4v) is 5.72. The third-order valence-electron chi connectivity index (χ3n) is 7.70. The number of ether oxygens (including phenoxy) is 2. The third kappa shape index (κ3) is 5.52. The zero-order chi connectivity index (χ0) is 28.0. The maximum Gasteiger partial charge on any atom is 0.335 e. The lowest BCUT2D eigenvalue weighted by Crippen LogP contribution is -2.30. The number of rotatable bonds is 8. The fraction of sp³-hybridized carbons (Fsp3) is 0.167. The Morgan fingerprint density at radius 1 is 0.600 bits per heavy atom. The van der Waals surface area contributed by atoms with Gasteiger partial charge in [-0.2, -0.15) is 0 Å². The van der Waals surface area contributed by atoms with E-state index in [4.69, 9.17) is 9.47 Å². The van der Waals surface area contributed by atoms with Gasteiger partial charge in [0.25, 0.3) is 0 Å². The topological polar surface area (TPSA) is 52.6 Å². The first-order valence-electron chi connectivity index (χ1n) is 13.6. The number of benzene rings is 4. The minimum absolute atomic E-state index is 0.257. The summed E-state index contributed by atoms with van der Waals surface area (Å²) in [6.45, 7) is 7.11. The van der Waals surface area contributed by atoms with Crippen molar-refractivity contribution in [2.75, 3.05) is 0 Å². The summed E-state index contributed by atoms with van der Waals surface area (Å²) < 4.78 is 11.3. The Kier molecular flexibility index (Phi) is 8.07. The zero-order valence-electron chi connectivity index (χ0n) is 22.5. The second kappa shape index (κ2) is 12.0. The standard InChI is InChI=1S/C36H32O4/c1-3-34(37)39-32-20-18-28(24-30(32)26-14-8-5-9-15-26)36(22-12-7-13-23-36)29-19-21-33(40-35(38)4-2)31(25-29)27-16-10-6-11-17-27/h3-6,8-11,14-21,24-25H,1-2,7,12-13,22-23H2. The van der Waals surface area contributed by atoms with Crippen LogP contribution in [-0.4, -0.2) is 11.9 Å². The molecule has 1 fully saturated rings. The van der Waals surface area contributed by atoms with Gasteiger partial charge in [0.2, 0.25) is 0 Å².